The predicted molar refractivity (Wildman–Crippen MR) is 111 cm³/mol. The molecular formula is C19H35N3O5S. The first-order chi connectivity index (χ1) is 12.8. The number of hydrogen-bond acceptors (Lipinski definition) is 5. The van der Waals surface area contributed by atoms with Gasteiger partial charge in [0.25, 0.3) is 0 Å². The molecule has 0 rings (SSSR count). The lowest BCUT2D eigenvalue weighted by molar-refractivity contribution is -0.141. The molecule has 0 bridgehead atoms. The number of aliphatic carboxylic acids is 1. The molecule has 0 aliphatic rings. The smallest absolute Gasteiger partial charge is 0.327 e. The molecule has 0 aliphatic heterocycles. The number of carbonyl (C=O) groups excluding carboxylic acids is 3. The lowest BCUT2D eigenvalue weighted by atomic mass is 9.91. The lowest BCUT2D eigenvalue weighted by Crippen LogP contribution is -2.56. The van der Waals surface area contributed by atoms with Gasteiger partial charge in [-0.3, -0.25) is 14.4 Å². The fourth-order valence-electron chi connectivity index (χ4n) is 2.32. The molecule has 0 aromatic rings. The van der Waals surface area contributed by atoms with Crippen molar-refractivity contribution in [2.75, 3.05) is 11.5 Å². The molecule has 0 fully saturated rings. The Hall–Kier alpha value is -1.77. The van der Waals surface area contributed by atoms with Crippen molar-refractivity contribution in [1.29, 1.82) is 0 Å². The number of hydrogen-bond donors (Lipinski definition) is 4. The Balaban J connectivity index is 4.90. The van der Waals surface area contributed by atoms with Crippen molar-refractivity contribution in [2.24, 2.45) is 11.3 Å². The summed E-state index contributed by atoms with van der Waals surface area (Å²) in [6.45, 7) is 12.8. The fourth-order valence-corrected chi connectivity index (χ4v) is 3.01. The maximum absolute atomic E-state index is 12.6. The molecule has 1 unspecified atom stereocenters. The van der Waals surface area contributed by atoms with Gasteiger partial charge in [-0.1, -0.05) is 41.5 Å². The number of carboxylic acids is 1. The molecule has 0 aromatic carbocycles. The van der Waals surface area contributed by atoms with E-state index in [9.17, 15) is 24.3 Å². The Morgan fingerprint density at radius 3 is 1.96 bits per heavy atom. The van der Waals surface area contributed by atoms with Gasteiger partial charge in [0.05, 0.1) is 0 Å². The van der Waals surface area contributed by atoms with Crippen molar-refractivity contribution in [3.05, 3.63) is 0 Å². The van der Waals surface area contributed by atoms with Gasteiger partial charge in [-0.2, -0.15) is 11.8 Å². The van der Waals surface area contributed by atoms with Gasteiger partial charge in [0.2, 0.25) is 17.7 Å². The van der Waals surface area contributed by atoms with E-state index >= 15 is 0 Å². The molecule has 0 radical (unpaired) electrons. The third-order valence-electron chi connectivity index (χ3n) is 3.81. The molecule has 9 heteroatoms. The molecule has 28 heavy (non-hydrogen) atoms. The number of nitrogens with one attached hydrogen (secondary N) is 3. The minimum absolute atomic E-state index is 0.174. The van der Waals surface area contributed by atoms with E-state index in [0.29, 0.717) is 0 Å². The SMILES string of the molecule is CCSC[C@H](NC(=O)[C@H](C)NC(=O)C(NC(=O)CC(C)(C)C)C(C)C)C(=O)O. The van der Waals surface area contributed by atoms with Crippen LogP contribution in [-0.4, -0.2) is 58.4 Å². The number of rotatable bonds is 11. The van der Waals surface area contributed by atoms with Crippen LogP contribution in [-0.2, 0) is 19.2 Å². The maximum Gasteiger partial charge on any atom is 0.327 e. The summed E-state index contributed by atoms with van der Waals surface area (Å²) in [6.07, 6.45) is 0.273. The molecule has 162 valence electrons. The molecule has 0 aromatic heterocycles. The second kappa shape index (κ2) is 11.9. The highest BCUT2D eigenvalue weighted by atomic mass is 32.2. The zero-order valence-corrected chi connectivity index (χ0v) is 18.7. The summed E-state index contributed by atoms with van der Waals surface area (Å²) in [5.41, 5.74) is -0.211. The van der Waals surface area contributed by atoms with Crippen molar-refractivity contribution in [2.45, 2.75) is 73.0 Å². The monoisotopic (exact) mass is 417 g/mol. The fraction of sp³-hybridized carbons (Fsp3) is 0.789. The van der Waals surface area contributed by atoms with Gasteiger partial charge in [-0.15, -0.1) is 0 Å². The van der Waals surface area contributed by atoms with E-state index in [2.05, 4.69) is 16.0 Å². The highest BCUT2D eigenvalue weighted by molar-refractivity contribution is 7.99. The third-order valence-corrected chi connectivity index (χ3v) is 4.79. The number of carbonyl (C=O) groups is 4. The first-order valence-corrected chi connectivity index (χ1v) is 10.6. The number of thioether (sulfide) groups is 1. The zero-order chi connectivity index (χ0) is 22.1. The van der Waals surface area contributed by atoms with E-state index < -0.39 is 35.9 Å². The standard InChI is InChI=1S/C19H35N3O5S/c1-8-28-10-13(18(26)27)21-16(24)12(4)20-17(25)15(11(2)3)22-14(23)9-19(5,6)7/h11-13,15H,8-10H2,1-7H3,(H,20,25)(H,21,24)(H,22,23)(H,26,27)/t12-,13-,15?/m0/s1. The van der Waals surface area contributed by atoms with Crippen LogP contribution in [0.25, 0.3) is 0 Å². The zero-order valence-electron chi connectivity index (χ0n) is 17.9. The molecule has 3 atom stereocenters. The van der Waals surface area contributed by atoms with Crippen LogP contribution in [0.2, 0.25) is 0 Å². The Labute approximate surface area is 172 Å². The molecule has 0 aliphatic carbocycles. The highest BCUT2D eigenvalue weighted by Crippen LogP contribution is 2.18. The average molecular weight is 418 g/mol. The van der Waals surface area contributed by atoms with Crippen molar-refractivity contribution >= 4 is 35.5 Å². The molecule has 0 saturated carbocycles. The summed E-state index contributed by atoms with van der Waals surface area (Å²) in [5.74, 6) is -1.61. The van der Waals surface area contributed by atoms with Crippen LogP contribution in [0.3, 0.4) is 0 Å². The van der Waals surface area contributed by atoms with Crippen molar-refractivity contribution in [3.63, 3.8) is 0 Å². The highest BCUT2D eigenvalue weighted by Gasteiger charge is 2.29. The van der Waals surface area contributed by atoms with Crippen molar-refractivity contribution in [1.82, 2.24) is 16.0 Å². The summed E-state index contributed by atoms with van der Waals surface area (Å²) in [7, 11) is 0. The Bertz CT molecular complexity index is 560. The first-order valence-electron chi connectivity index (χ1n) is 9.49. The van der Waals surface area contributed by atoms with Crippen LogP contribution >= 0.6 is 11.8 Å². The van der Waals surface area contributed by atoms with Gasteiger partial charge in [-0.25, -0.2) is 4.79 Å². The summed E-state index contributed by atoms with van der Waals surface area (Å²) >= 11 is 1.40. The molecule has 8 nitrogen and oxygen atoms in total. The van der Waals surface area contributed by atoms with Crippen LogP contribution in [0.15, 0.2) is 0 Å². The van der Waals surface area contributed by atoms with Crippen molar-refractivity contribution < 1.29 is 24.3 Å². The number of amides is 3. The van der Waals surface area contributed by atoms with Gasteiger partial charge in [-0.05, 0) is 24.0 Å². The Morgan fingerprint density at radius 1 is 0.964 bits per heavy atom. The topological polar surface area (TPSA) is 125 Å². The van der Waals surface area contributed by atoms with Gasteiger partial charge < -0.3 is 21.1 Å². The second-order valence-electron chi connectivity index (χ2n) is 8.32. The molecule has 3 amide bonds. The summed E-state index contributed by atoms with van der Waals surface area (Å²) in [4.78, 5) is 48.3. The van der Waals surface area contributed by atoms with Crippen LogP contribution in [0.5, 0.6) is 0 Å². The normalized spacial score (nSPS) is 14.7. The molecule has 4 N–H and O–H groups in total. The molecular weight excluding hydrogens is 382 g/mol. The van der Waals surface area contributed by atoms with Gasteiger partial charge in [0.1, 0.15) is 18.1 Å². The molecule has 0 heterocycles. The van der Waals surface area contributed by atoms with Crippen LogP contribution in [0, 0.1) is 11.3 Å². The van der Waals surface area contributed by atoms with E-state index in [1.807, 2.05) is 27.7 Å². The second-order valence-corrected chi connectivity index (χ2v) is 9.63. The van der Waals surface area contributed by atoms with Crippen LogP contribution < -0.4 is 16.0 Å². The average Bonchev–Trinajstić information content (AvgIpc) is 2.53. The van der Waals surface area contributed by atoms with Gasteiger partial charge >= 0.3 is 5.97 Å². The molecule has 0 spiro atoms. The van der Waals surface area contributed by atoms with Gasteiger partial charge in [0.15, 0.2) is 0 Å². The Kier molecular flexibility index (Phi) is 11.2. The number of carboxylic acid groups (broad SMARTS) is 1. The largest absolute Gasteiger partial charge is 0.480 e. The van der Waals surface area contributed by atoms with E-state index in [0.717, 1.165) is 5.75 Å². The minimum Gasteiger partial charge on any atom is -0.480 e. The van der Waals surface area contributed by atoms with Crippen LogP contribution in [0.1, 0.15) is 54.9 Å². The lowest BCUT2D eigenvalue weighted by Gasteiger charge is -2.26. The predicted octanol–water partition coefficient (Wildman–Crippen LogP) is 1.39. The maximum atomic E-state index is 12.6. The minimum atomic E-state index is -1.12. The third kappa shape index (κ3) is 10.5. The van der Waals surface area contributed by atoms with E-state index in [-0.39, 0.29) is 29.4 Å². The Morgan fingerprint density at radius 2 is 1.54 bits per heavy atom. The van der Waals surface area contributed by atoms with E-state index in [1.54, 1.807) is 13.8 Å². The molecule has 0 saturated heterocycles. The summed E-state index contributed by atoms with van der Waals surface area (Å²) in [6, 6.07) is -2.73. The summed E-state index contributed by atoms with van der Waals surface area (Å²) < 4.78 is 0. The van der Waals surface area contributed by atoms with Gasteiger partial charge in [0, 0.05) is 12.2 Å². The summed E-state index contributed by atoms with van der Waals surface area (Å²) in [5, 5.41) is 16.9. The van der Waals surface area contributed by atoms with Crippen LogP contribution in [0.4, 0.5) is 0 Å². The quantitative estimate of drug-likeness (QED) is 0.403. The van der Waals surface area contributed by atoms with Crippen molar-refractivity contribution in [3.8, 4) is 0 Å². The van der Waals surface area contributed by atoms with E-state index in [1.165, 1.54) is 18.7 Å². The van der Waals surface area contributed by atoms with E-state index in [4.69, 9.17) is 0 Å². The first kappa shape index (κ1) is 26.2.